The Hall–Kier alpha value is -0.890. The van der Waals surface area contributed by atoms with E-state index in [1.807, 2.05) is 13.8 Å². The van der Waals surface area contributed by atoms with Crippen LogP contribution < -0.4 is 0 Å². The molecule has 0 saturated carbocycles. The maximum Gasteiger partial charge on any atom is 0.131 e. The SMILES string of the molecule is CCC(O)c1cc(C)cc(C)c1F. The molecule has 1 N–H and O–H groups in total. The van der Waals surface area contributed by atoms with Crippen LogP contribution in [0.1, 0.15) is 36.1 Å². The molecule has 1 aromatic rings. The van der Waals surface area contributed by atoms with Crippen LogP contribution in [0, 0.1) is 19.7 Å². The van der Waals surface area contributed by atoms with Gasteiger partial charge in [-0.3, -0.25) is 0 Å². The molecule has 0 spiro atoms. The largest absolute Gasteiger partial charge is 0.388 e. The molecule has 0 aliphatic rings. The van der Waals surface area contributed by atoms with Crippen molar-refractivity contribution in [1.29, 1.82) is 0 Å². The molecule has 1 aromatic carbocycles. The minimum atomic E-state index is -0.682. The van der Waals surface area contributed by atoms with Gasteiger partial charge in [-0.1, -0.05) is 24.6 Å². The van der Waals surface area contributed by atoms with E-state index in [0.29, 0.717) is 17.5 Å². The molecule has 1 atom stereocenters. The number of aliphatic hydroxyl groups is 1. The summed E-state index contributed by atoms with van der Waals surface area (Å²) in [6, 6.07) is 3.48. The summed E-state index contributed by atoms with van der Waals surface area (Å²) in [4.78, 5) is 0. The van der Waals surface area contributed by atoms with E-state index in [1.165, 1.54) is 0 Å². The number of aliphatic hydroxyl groups excluding tert-OH is 1. The first kappa shape index (κ1) is 10.2. The van der Waals surface area contributed by atoms with Crippen molar-refractivity contribution in [3.8, 4) is 0 Å². The Bertz CT molecular complexity index is 307. The van der Waals surface area contributed by atoms with Crippen LogP contribution in [0.2, 0.25) is 0 Å². The Morgan fingerprint density at radius 2 is 2.00 bits per heavy atom. The average molecular weight is 182 g/mol. The second-order valence-corrected chi connectivity index (χ2v) is 3.41. The van der Waals surface area contributed by atoms with Crippen LogP contribution in [0.5, 0.6) is 0 Å². The zero-order valence-electron chi connectivity index (χ0n) is 8.26. The lowest BCUT2D eigenvalue weighted by molar-refractivity contribution is 0.168. The fourth-order valence-corrected chi connectivity index (χ4v) is 1.45. The van der Waals surface area contributed by atoms with Gasteiger partial charge in [0, 0.05) is 5.56 Å². The third-order valence-corrected chi connectivity index (χ3v) is 2.17. The first-order chi connectivity index (χ1) is 6.06. The van der Waals surface area contributed by atoms with Crippen molar-refractivity contribution in [2.45, 2.75) is 33.3 Å². The molecule has 0 aromatic heterocycles. The van der Waals surface area contributed by atoms with Gasteiger partial charge in [0.05, 0.1) is 6.10 Å². The molecule has 0 aliphatic heterocycles. The normalized spacial score (nSPS) is 13.0. The van der Waals surface area contributed by atoms with Crippen molar-refractivity contribution >= 4 is 0 Å². The van der Waals surface area contributed by atoms with Crippen molar-refractivity contribution in [2.24, 2.45) is 0 Å². The van der Waals surface area contributed by atoms with Gasteiger partial charge in [-0.25, -0.2) is 4.39 Å². The van der Waals surface area contributed by atoms with Gasteiger partial charge in [0.15, 0.2) is 0 Å². The predicted octanol–water partition coefficient (Wildman–Crippen LogP) is 2.89. The number of benzene rings is 1. The molecule has 13 heavy (non-hydrogen) atoms. The van der Waals surface area contributed by atoms with Gasteiger partial charge in [0.25, 0.3) is 0 Å². The second kappa shape index (κ2) is 3.88. The number of hydrogen-bond acceptors (Lipinski definition) is 1. The molecule has 1 unspecified atom stereocenters. The van der Waals surface area contributed by atoms with Gasteiger partial charge in [0.2, 0.25) is 0 Å². The number of rotatable bonds is 2. The third kappa shape index (κ3) is 2.07. The van der Waals surface area contributed by atoms with Crippen molar-refractivity contribution in [1.82, 2.24) is 0 Å². The van der Waals surface area contributed by atoms with E-state index < -0.39 is 6.10 Å². The highest BCUT2D eigenvalue weighted by molar-refractivity contribution is 5.31. The smallest absolute Gasteiger partial charge is 0.131 e. The monoisotopic (exact) mass is 182 g/mol. The molecule has 72 valence electrons. The second-order valence-electron chi connectivity index (χ2n) is 3.41. The van der Waals surface area contributed by atoms with Crippen LogP contribution in [-0.2, 0) is 0 Å². The lowest BCUT2D eigenvalue weighted by atomic mass is 10.0. The summed E-state index contributed by atoms with van der Waals surface area (Å²) >= 11 is 0. The van der Waals surface area contributed by atoms with Gasteiger partial charge in [-0.05, 0) is 25.8 Å². The Morgan fingerprint density at radius 3 is 2.54 bits per heavy atom. The van der Waals surface area contributed by atoms with Gasteiger partial charge in [-0.15, -0.1) is 0 Å². The van der Waals surface area contributed by atoms with E-state index in [4.69, 9.17) is 0 Å². The van der Waals surface area contributed by atoms with Gasteiger partial charge < -0.3 is 5.11 Å². The van der Waals surface area contributed by atoms with E-state index in [0.717, 1.165) is 5.56 Å². The van der Waals surface area contributed by atoms with Gasteiger partial charge >= 0.3 is 0 Å². The molecule has 2 heteroatoms. The quantitative estimate of drug-likeness (QED) is 0.745. The topological polar surface area (TPSA) is 20.2 Å². The fourth-order valence-electron chi connectivity index (χ4n) is 1.45. The molecule has 0 saturated heterocycles. The standard InChI is InChI=1S/C11H15FO/c1-4-10(13)9-6-7(2)5-8(3)11(9)12/h5-6,10,13H,4H2,1-3H3. The molecule has 0 radical (unpaired) electrons. The first-order valence-corrected chi connectivity index (χ1v) is 4.51. The molecular weight excluding hydrogens is 167 g/mol. The summed E-state index contributed by atoms with van der Waals surface area (Å²) in [5.74, 6) is -0.278. The molecule has 0 bridgehead atoms. The van der Waals surface area contributed by atoms with Crippen LogP contribution in [0.15, 0.2) is 12.1 Å². The Labute approximate surface area is 78.2 Å². The fraction of sp³-hybridized carbons (Fsp3) is 0.455. The summed E-state index contributed by atoms with van der Waals surface area (Å²) in [5.41, 5.74) is 2.00. The molecule has 1 rings (SSSR count). The lowest BCUT2D eigenvalue weighted by Crippen LogP contribution is -2.01. The highest BCUT2D eigenvalue weighted by Gasteiger charge is 2.12. The molecule has 0 fully saturated rings. The van der Waals surface area contributed by atoms with Gasteiger partial charge in [0.1, 0.15) is 5.82 Å². The third-order valence-electron chi connectivity index (χ3n) is 2.17. The minimum Gasteiger partial charge on any atom is -0.388 e. The average Bonchev–Trinajstić information content (AvgIpc) is 2.10. The molecule has 0 heterocycles. The summed E-state index contributed by atoms with van der Waals surface area (Å²) in [6.07, 6.45) is -0.140. The van der Waals surface area contributed by atoms with E-state index in [9.17, 15) is 9.50 Å². The maximum atomic E-state index is 13.5. The number of hydrogen-bond donors (Lipinski definition) is 1. The molecule has 0 amide bonds. The molecule has 1 nitrogen and oxygen atoms in total. The summed E-state index contributed by atoms with van der Waals surface area (Å²) in [5, 5.41) is 9.52. The lowest BCUT2D eigenvalue weighted by Gasteiger charge is -2.12. The Balaban J connectivity index is 3.20. The van der Waals surface area contributed by atoms with Crippen molar-refractivity contribution in [3.63, 3.8) is 0 Å². The Morgan fingerprint density at radius 1 is 1.38 bits per heavy atom. The number of halogens is 1. The minimum absolute atomic E-state index is 0.278. The van der Waals surface area contributed by atoms with Gasteiger partial charge in [-0.2, -0.15) is 0 Å². The van der Waals surface area contributed by atoms with E-state index >= 15 is 0 Å². The van der Waals surface area contributed by atoms with E-state index in [1.54, 1.807) is 19.1 Å². The van der Waals surface area contributed by atoms with E-state index in [2.05, 4.69) is 0 Å². The van der Waals surface area contributed by atoms with Crippen LogP contribution in [0.25, 0.3) is 0 Å². The zero-order valence-corrected chi connectivity index (χ0v) is 8.26. The van der Waals surface area contributed by atoms with Crippen molar-refractivity contribution in [3.05, 3.63) is 34.6 Å². The predicted molar refractivity (Wildman–Crippen MR) is 51.1 cm³/mol. The van der Waals surface area contributed by atoms with Crippen LogP contribution in [0.3, 0.4) is 0 Å². The van der Waals surface area contributed by atoms with Crippen LogP contribution >= 0.6 is 0 Å². The molecular formula is C11H15FO. The maximum absolute atomic E-state index is 13.5. The summed E-state index contributed by atoms with van der Waals surface area (Å²) < 4.78 is 13.5. The first-order valence-electron chi connectivity index (χ1n) is 4.51. The van der Waals surface area contributed by atoms with Crippen molar-refractivity contribution in [2.75, 3.05) is 0 Å². The summed E-state index contributed by atoms with van der Waals surface area (Å²) in [7, 11) is 0. The summed E-state index contributed by atoms with van der Waals surface area (Å²) in [6.45, 7) is 5.45. The van der Waals surface area contributed by atoms with Crippen LogP contribution in [-0.4, -0.2) is 5.11 Å². The van der Waals surface area contributed by atoms with E-state index in [-0.39, 0.29) is 5.82 Å². The number of aryl methyl sites for hydroxylation is 2. The zero-order chi connectivity index (χ0) is 10.0. The van der Waals surface area contributed by atoms with Crippen molar-refractivity contribution < 1.29 is 9.50 Å². The van der Waals surface area contributed by atoms with Crippen LogP contribution in [0.4, 0.5) is 4.39 Å². The Kier molecular flexibility index (Phi) is 3.04. The highest BCUT2D eigenvalue weighted by Crippen LogP contribution is 2.23. The highest BCUT2D eigenvalue weighted by atomic mass is 19.1. The molecule has 0 aliphatic carbocycles.